The van der Waals surface area contributed by atoms with E-state index < -0.39 is 6.04 Å². The fourth-order valence-electron chi connectivity index (χ4n) is 3.81. The van der Waals surface area contributed by atoms with Gasteiger partial charge in [0.15, 0.2) is 0 Å². The van der Waals surface area contributed by atoms with Crippen LogP contribution in [0.1, 0.15) is 31.7 Å². The van der Waals surface area contributed by atoms with Crippen LogP contribution in [0, 0.1) is 0 Å². The van der Waals surface area contributed by atoms with Gasteiger partial charge in [-0.2, -0.15) is 0 Å². The number of nitrogens with zero attached hydrogens (tertiary/aromatic N) is 2. The Labute approximate surface area is 170 Å². The lowest BCUT2D eigenvalue weighted by molar-refractivity contribution is -0.138. The molecule has 2 aromatic rings. The first-order chi connectivity index (χ1) is 14.1. The van der Waals surface area contributed by atoms with E-state index in [0.717, 1.165) is 18.4 Å². The van der Waals surface area contributed by atoms with E-state index >= 15 is 0 Å². The molecule has 1 atom stereocenters. The van der Waals surface area contributed by atoms with Crippen molar-refractivity contribution in [1.29, 1.82) is 0 Å². The van der Waals surface area contributed by atoms with Crippen LogP contribution in [0.4, 0.5) is 5.69 Å². The Morgan fingerprint density at radius 3 is 2.38 bits per heavy atom. The highest BCUT2D eigenvalue weighted by Gasteiger charge is 2.48. The summed E-state index contributed by atoms with van der Waals surface area (Å²) in [7, 11) is 0. The quantitative estimate of drug-likeness (QED) is 0.680. The molecule has 1 heterocycles. The van der Waals surface area contributed by atoms with Crippen molar-refractivity contribution in [2.24, 2.45) is 0 Å². The number of hydrogen-bond acceptors (Lipinski definition) is 4. The maximum atomic E-state index is 13.1. The van der Waals surface area contributed by atoms with Gasteiger partial charge in [0.25, 0.3) is 5.91 Å². The first kappa shape index (κ1) is 19.2. The highest BCUT2D eigenvalue weighted by molar-refractivity contribution is 6.23. The molecule has 1 aliphatic carbocycles. The van der Waals surface area contributed by atoms with Crippen molar-refractivity contribution in [3.8, 4) is 5.75 Å². The Bertz CT molecular complexity index is 906. The summed E-state index contributed by atoms with van der Waals surface area (Å²) in [6, 6.07) is 15.7. The second kappa shape index (κ2) is 8.07. The molecule has 2 fully saturated rings. The lowest BCUT2D eigenvalue weighted by Crippen LogP contribution is -2.47. The van der Waals surface area contributed by atoms with E-state index in [0.29, 0.717) is 18.0 Å². The lowest BCUT2D eigenvalue weighted by Gasteiger charge is -2.27. The maximum absolute atomic E-state index is 13.1. The molecule has 0 radical (unpaired) electrons. The summed E-state index contributed by atoms with van der Waals surface area (Å²) < 4.78 is 5.42. The van der Waals surface area contributed by atoms with Crippen LogP contribution in [0.15, 0.2) is 54.6 Å². The summed E-state index contributed by atoms with van der Waals surface area (Å²) in [5.41, 5.74) is 1.42. The van der Waals surface area contributed by atoms with Gasteiger partial charge in [-0.15, -0.1) is 0 Å². The number of rotatable bonds is 7. The van der Waals surface area contributed by atoms with E-state index in [1.807, 2.05) is 37.3 Å². The number of amides is 3. The number of ether oxygens (including phenoxy) is 1. The molecule has 4 rings (SSSR count). The van der Waals surface area contributed by atoms with Crippen LogP contribution < -0.4 is 9.64 Å². The first-order valence-electron chi connectivity index (χ1n) is 10.0. The van der Waals surface area contributed by atoms with Crippen molar-refractivity contribution >= 4 is 23.4 Å². The molecule has 1 aliphatic heterocycles. The van der Waals surface area contributed by atoms with E-state index in [1.165, 1.54) is 4.90 Å². The predicted molar refractivity (Wildman–Crippen MR) is 109 cm³/mol. The highest BCUT2D eigenvalue weighted by atomic mass is 16.5. The van der Waals surface area contributed by atoms with Gasteiger partial charge in [-0.3, -0.25) is 14.4 Å². The summed E-state index contributed by atoms with van der Waals surface area (Å²) in [4.78, 5) is 41.7. The van der Waals surface area contributed by atoms with Crippen LogP contribution in [0.5, 0.6) is 5.75 Å². The summed E-state index contributed by atoms with van der Waals surface area (Å²) >= 11 is 0. The Balaban J connectivity index is 1.53. The standard InChI is InChI=1S/C23H24N2O4/c1-2-29-19-12-10-18(11-13-19)25-22(27)15-20(23(25)28)24(17-8-9-17)21(26)14-16-6-4-3-5-7-16/h3-7,10-13,17,20H,2,8-9,14-15H2,1H3. The average molecular weight is 392 g/mol. The molecule has 0 spiro atoms. The van der Waals surface area contributed by atoms with Gasteiger partial charge in [0.1, 0.15) is 11.8 Å². The summed E-state index contributed by atoms with van der Waals surface area (Å²) in [6.07, 6.45) is 2.02. The molecule has 6 nitrogen and oxygen atoms in total. The summed E-state index contributed by atoms with van der Waals surface area (Å²) in [6.45, 7) is 2.44. The lowest BCUT2D eigenvalue weighted by atomic mass is 10.1. The topological polar surface area (TPSA) is 66.9 Å². The third-order valence-corrected chi connectivity index (χ3v) is 5.29. The van der Waals surface area contributed by atoms with E-state index in [-0.39, 0.29) is 36.6 Å². The van der Waals surface area contributed by atoms with Crippen molar-refractivity contribution in [2.45, 2.75) is 44.7 Å². The zero-order valence-corrected chi connectivity index (χ0v) is 16.4. The number of benzene rings is 2. The molecule has 0 aromatic heterocycles. The molecule has 2 aliphatic rings. The van der Waals surface area contributed by atoms with Crippen LogP contribution in [0.25, 0.3) is 0 Å². The molecule has 6 heteroatoms. The van der Waals surface area contributed by atoms with Gasteiger partial charge >= 0.3 is 0 Å². The molecule has 3 amide bonds. The van der Waals surface area contributed by atoms with Crippen molar-refractivity contribution in [1.82, 2.24) is 4.90 Å². The third-order valence-electron chi connectivity index (χ3n) is 5.29. The van der Waals surface area contributed by atoms with Crippen molar-refractivity contribution < 1.29 is 19.1 Å². The molecule has 1 saturated carbocycles. The number of hydrogen-bond donors (Lipinski definition) is 0. The second-order valence-corrected chi connectivity index (χ2v) is 7.41. The molecule has 150 valence electrons. The number of imide groups is 1. The fraction of sp³-hybridized carbons (Fsp3) is 0.348. The van der Waals surface area contributed by atoms with Crippen LogP contribution in [0.2, 0.25) is 0 Å². The highest BCUT2D eigenvalue weighted by Crippen LogP contribution is 2.35. The molecule has 1 unspecified atom stereocenters. The van der Waals surface area contributed by atoms with Crippen LogP contribution in [-0.2, 0) is 20.8 Å². The molecule has 2 aromatic carbocycles. The minimum Gasteiger partial charge on any atom is -0.494 e. The molecule has 0 bridgehead atoms. The molecular formula is C23H24N2O4. The fourth-order valence-corrected chi connectivity index (χ4v) is 3.81. The zero-order chi connectivity index (χ0) is 20.4. The Hall–Kier alpha value is -3.15. The van der Waals surface area contributed by atoms with Crippen molar-refractivity contribution in [3.63, 3.8) is 0 Å². The Morgan fingerprint density at radius 2 is 1.76 bits per heavy atom. The van der Waals surface area contributed by atoms with Gasteiger partial charge in [-0.05, 0) is 49.6 Å². The van der Waals surface area contributed by atoms with E-state index in [4.69, 9.17) is 4.74 Å². The summed E-state index contributed by atoms with van der Waals surface area (Å²) in [5.74, 6) is -0.0160. The van der Waals surface area contributed by atoms with Crippen LogP contribution >= 0.6 is 0 Å². The Morgan fingerprint density at radius 1 is 1.07 bits per heavy atom. The summed E-state index contributed by atoms with van der Waals surface area (Å²) in [5, 5.41) is 0. The van der Waals surface area contributed by atoms with Gasteiger partial charge < -0.3 is 9.64 Å². The smallest absolute Gasteiger partial charge is 0.257 e. The van der Waals surface area contributed by atoms with E-state index in [2.05, 4.69) is 0 Å². The molecule has 0 N–H and O–H groups in total. The number of carbonyl (C=O) groups is 3. The molecular weight excluding hydrogens is 368 g/mol. The van der Waals surface area contributed by atoms with Crippen LogP contribution in [-0.4, -0.2) is 41.3 Å². The van der Waals surface area contributed by atoms with Gasteiger partial charge in [0.05, 0.1) is 25.1 Å². The minimum atomic E-state index is -0.724. The van der Waals surface area contributed by atoms with Crippen molar-refractivity contribution in [2.75, 3.05) is 11.5 Å². The van der Waals surface area contributed by atoms with Gasteiger partial charge in [0.2, 0.25) is 11.8 Å². The Kier molecular flexibility index (Phi) is 5.34. The van der Waals surface area contributed by atoms with Crippen molar-refractivity contribution in [3.05, 3.63) is 60.2 Å². The second-order valence-electron chi connectivity index (χ2n) is 7.41. The largest absolute Gasteiger partial charge is 0.494 e. The predicted octanol–water partition coefficient (Wildman–Crippen LogP) is 2.95. The number of anilines is 1. The maximum Gasteiger partial charge on any atom is 0.257 e. The van der Waals surface area contributed by atoms with Crippen LogP contribution in [0.3, 0.4) is 0 Å². The monoisotopic (exact) mass is 392 g/mol. The van der Waals surface area contributed by atoms with E-state index in [9.17, 15) is 14.4 Å². The first-order valence-corrected chi connectivity index (χ1v) is 10.0. The van der Waals surface area contributed by atoms with Gasteiger partial charge in [-0.1, -0.05) is 30.3 Å². The normalized spacial score (nSPS) is 18.8. The number of carbonyl (C=O) groups excluding carboxylic acids is 3. The zero-order valence-electron chi connectivity index (χ0n) is 16.4. The van der Waals surface area contributed by atoms with E-state index in [1.54, 1.807) is 29.2 Å². The average Bonchev–Trinajstić information content (AvgIpc) is 3.50. The SMILES string of the molecule is CCOc1ccc(N2C(=O)CC(N(C(=O)Cc3ccccc3)C3CC3)C2=O)cc1. The minimum absolute atomic E-state index is 0.0308. The molecule has 1 saturated heterocycles. The molecule has 29 heavy (non-hydrogen) atoms. The van der Waals surface area contributed by atoms with Gasteiger partial charge in [-0.25, -0.2) is 4.90 Å². The third kappa shape index (κ3) is 4.01. The van der Waals surface area contributed by atoms with Gasteiger partial charge in [0, 0.05) is 6.04 Å².